The summed E-state index contributed by atoms with van der Waals surface area (Å²) in [5.41, 5.74) is 4.05. The highest BCUT2D eigenvalue weighted by molar-refractivity contribution is 7.14. The Morgan fingerprint density at radius 1 is 1.07 bits per heavy atom. The lowest BCUT2D eigenvalue weighted by Crippen LogP contribution is -2.27. The lowest BCUT2D eigenvalue weighted by atomic mass is 10.2. The van der Waals surface area contributed by atoms with Crippen LogP contribution < -0.4 is 16.0 Å². The third kappa shape index (κ3) is 4.96. The quantitative estimate of drug-likeness (QED) is 0.371. The molecule has 0 aliphatic heterocycles. The Bertz CT molecular complexity index is 1080. The van der Waals surface area contributed by atoms with Crippen molar-refractivity contribution < 1.29 is 9.18 Å². The average molecular weight is 408 g/mol. The van der Waals surface area contributed by atoms with Crippen LogP contribution in [0.2, 0.25) is 0 Å². The highest BCUT2D eigenvalue weighted by atomic mass is 32.1. The lowest BCUT2D eigenvalue weighted by molar-refractivity contribution is 0.251. The van der Waals surface area contributed by atoms with Gasteiger partial charge in [0.05, 0.1) is 11.9 Å². The normalized spacial score (nSPS) is 10.5. The van der Waals surface area contributed by atoms with Crippen molar-refractivity contribution >= 4 is 33.9 Å². The van der Waals surface area contributed by atoms with E-state index in [2.05, 4.69) is 31.1 Å². The molecule has 0 aliphatic carbocycles. The molecule has 9 heteroatoms. The Kier molecular flexibility index (Phi) is 5.48. The molecule has 0 aliphatic rings. The number of nitrogens with zero attached hydrogens (tertiary/aromatic N) is 2. The molecule has 0 spiro atoms. The standard InChI is InChI=1S/C20H17FN6OS/c21-15-3-1-14(2-4-15)18-12-29-20(27-18)26-17-7-5-16(6-8-17)25-19(28)22-9-13-10-23-24-11-13/h1-8,10-12H,9H2,(H,23,24)(H,26,27)(H2,22,25,28). The number of carbonyl (C=O) groups is 1. The molecule has 0 fully saturated rings. The molecule has 2 aromatic carbocycles. The Labute approximate surface area is 170 Å². The van der Waals surface area contributed by atoms with Gasteiger partial charge < -0.3 is 16.0 Å². The molecule has 2 amide bonds. The average Bonchev–Trinajstić information content (AvgIpc) is 3.41. The fourth-order valence-electron chi connectivity index (χ4n) is 2.58. The van der Waals surface area contributed by atoms with Crippen LogP contribution in [0.5, 0.6) is 0 Å². The van der Waals surface area contributed by atoms with Crippen molar-refractivity contribution in [2.24, 2.45) is 0 Å². The maximum absolute atomic E-state index is 13.1. The second kappa shape index (κ2) is 8.53. The van der Waals surface area contributed by atoms with Gasteiger partial charge in [-0.25, -0.2) is 14.2 Å². The zero-order valence-electron chi connectivity index (χ0n) is 15.1. The van der Waals surface area contributed by atoms with E-state index in [1.165, 1.54) is 23.5 Å². The van der Waals surface area contributed by atoms with E-state index in [0.29, 0.717) is 12.2 Å². The van der Waals surface area contributed by atoms with Crippen molar-refractivity contribution in [2.45, 2.75) is 6.54 Å². The lowest BCUT2D eigenvalue weighted by Gasteiger charge is -2.08. The number of urea groups is 1. The number of carbonyl (C=O) groups excluding carboxylic acids is 1. The van der Waals surface area contributed by atoms with Crippen LogP contribution in [0, 0.1) is 5.82 Å². The summed E-state index contributed by atoms with van der Waals surface area (Å²) < 4.78 is 13.1. The molecule has 0 bridgehead atoms. The van der Waals surface area contributed by atoms with Gasteiger partial charge in [0.15, 0.2) is 5.13 Å². The molecule has 0 radical (unpaired) electrons. The first-order valence-corrected chi connectivity index (χ1v) is 9.65. The summed E-state index contributed by atoms with van der Waals surface area (Å²) in [4.78, 5) is 16.5. The summed E-state index contributed by atoms with van der Waals surface area (Å²) in [6.45, 7) is 0.391. The second-order valence-corrected chi connectivity index (χ2v) is 7.02. The summed E-state index contributed by atoms with van der Waals surface area (Å²) in [6, 6.07) is 13.2. The van der Waals surface area contributed by atoms with E-state index in [1.807, 2.05) is 17.5 Å². The molecule has 4 N–H and O–H groups in total. The number of rotatable bonds is 6. The second-order valence-electron chi connectivity index (χ2n) is 6.16. The van der Waals surface area contributed by atoms with E-state index in [9.17, 15) is 9.18 Å². The number of aromatic nitrogens is 3. The van der Waals surface area contributed by atoms with Crippen molar-refractivity contribution in [3.05, 3.63) is 77.7 Å². The number of amides is 2. The minimum Gasteiger partial charge on any atom is -0.334 e. The number of hydrogen-bond donors (Lipinski definition) is 4. The van der Waals surface area contributed by atoms with Gasteiger partial charge in [0.1, 0.15) is 5.82 Å². The highest BCUT2D eigenvalue weighted by Gasteiger charge is 2.06. The third-order valence-electron chi connectivity index (χ3n) is 4.05. The highest BCUT2D eigenvalue weighted by Crippen LogP contribution is 2.27. The maximum atomic E-state index is 13.1. The van der Waals surface area contributed by atoms with E-state index in [0.717, 1.165) is 27.6 Å². The third-order valence-corrected chi connectivity index (χ3v) is 4.80. The topological polar surface area (TPSA) is 94.7 Å². The Balaban J connectivity index is 1.32. The predicted octanol–water partition coefficient (Wildman–Crippen LogP) is 4.74. The van der Waals surface area contributed by atoms with E-state index < -0.39 is 0 Å². The largest absolute Gasteiger partial charge is 0.334 e. The van der Waals surface area contributed by atoms with Gasteiger partial charge in [0, 0.05) is 40.6 Å². The van der Waals surface area contributed by atoms with E-state index in [4.69, 9.17) is 0 Å². The van der Waals surface area contributed by atoms with Crippen LogP contribution in [0.3, 0.4) is 0 Å². The van der Waals surface area contributed by atoms with Crippen molar-refractivity contribution in [1.29, 1.82) is 0 Å². The monoisotopic (exact) mass is 408 g/mol. The first kappa shape index (κ1) is 18.6. The molecule has 0 saturated carbocycles. The molecule has 4 aromatic rings. The van der Waals surface area contributed by atoms with Gasteiger partial charge in [0.25, 0.3) is 0 Å². The van der Waals surface area contributed by atoms with Gasteiger partial charge in [-0.1, -0.05) is 0 Å². The zero-order chi connectivity index (χ0) is 20.1. The van der Waals surface area contributed by atoms with Gasteiger partial charge in [-0.15, -0.1) is 11.3 Å². The number of anilines is 3. The van der Waals surface area contributed by atoms with Gasteiger partial charge >= 0.3 is 6.03 Å². The van der Waals surface area contributed by atoms with Crippen LogP contribution in [0.4, 0.5) is 25.7 Å². The van der Waals surface area contributed by atoms with Gasteiger partial charge in [0.2, 0.25) is 0 Å². The molecule has 2 heterocycles. The van der Waals surface area contributed by atoms with Crippen LogP contribution in [0.1, 0.15) is 5.56 Å². The Morgan fingerprint density at radius 3 is 2.55 bits per heavy atom. The Morgan fingerprint density at radius 2 is 1.83 bits per heavy atom. The first-order valence-electron chi connectivity index (χ1n) is 8.77. The van der Waals surface area contributed by atoms with Crippen molar-refractivity contribution in [3.63, 3.8) is 0 Å². The number of nitrogens with one attached hydrogen (secondary N) is 4. The minimum absolute atomic E-state index is 0.272. The smallest absolute Gasteiger partial charge is 0.319 e. The van der Waals surface area contributed by atoms with E-state index >= 15 is 0 Å². The van der Waals surface area contributed by atoms with Crippen LogP contribution >= 0.6 is 11.3 Å². The molecule has 2 aromatic heterocycles. The maximum Gasteiger partial charge on any atom is 0.319 e. The van der Waals surface area contributed by atoms with E-state index in [-0.39, 0.29) is 11.8 Å². The molecule has 29 heavy (non-hydrogen) atoms. The summed E-state index contributed by atoms with van der Waals surface area (Å²) in [6.07, 6.45) is 3.38. The SMILES string of the molecule is O=C(NCc1cn[nH]c1)Nc1ccc(Nc2nc(-c3ccc(F)cc3)cs2)cc1. The number of thiazole rings is 1. The van der Waals surface area contributed by atoms with Crippen molar-refractivity contribution in [2.75, 3.05) is 10.6 Å². The summed E-state index contributed by atoms with van der Waals surface area (Å²) in [5.74, 6) is -0.272. The van der Waals surface area contributed by atoms with Gasteiger partial charge in [-0.05, 0) is 48.5 Å². The number of aromatic amines is 1. The fraction of sp³-hybridized carbons (Fsp3) is 0.0500. The fourth-order valence-corrected chi connectivity index (χ4v) is 3.32. The molecular weight excluding hydrogens is 391 g/mol. The molecule has 0 unspecified atom stereocenters. The van der Waals surface area contributed by atoms with Gasteiger partial charge in [-0.3, -0.25) is 5.10 Å². The molecule has 146 valence electrons. The van der Waals surface area contributed by atoms with Crippen LogP contribution in [-0.4, -0.2) is 21.2 Å². The predicted molar refractivity (Wildman–Crippen MR) is 112 cm³/mol. The van der Waals surface area contributed by atoms with Crippen LogP contribution in [0.25, 0.3) is 11.3 Å². The summed E-state index contributed by atoms with van der Waals surface area (Å²) in [5, 5.41) is 17.9. The summed E-state index contributed by atoms with van der Waals surface area (Å²) in [7, 11) is 0. The molecule has 7 nitrogen and oxygen atoms in total. The number of halogens is 1. The molecule has 4 rings (SSSR count). The van der Waals surface area contributed by atoms with Crippen LogP contribution in [-0.2, 0) is 6.54 Å². The number of benzene rings is 2. The van der Waals surface area contributed by atoms with Crippen molar-refractivity contribution in [3.8, 4) is 11.3 Å². The molecule has 0 atom stereocenters. The first-order chi connectivity index (χ1) is 14.2. The number of H-pyrrole nitrogens is 1. The summed E-state index contributed by atoms with van der Waals surface area (Å²) >= 11 is 1.46. The number of hydrogen-bond acceptors (Lipinski definition) is 5. The minimum atomic E-state index is -0.296. The van der Waals surface area contributed by atoms with E-state index in [1.54, 1.807) is 36.7 Å². The Hall–Kier alpha value is -3.72. The molecule has 0 saturated heterocycles. The van der Waals surface area contributed by atoms with Gasteiger partial charge in [-0.2, -0.15) is 5.10 Å². The van der Waals surface area contributed by atoms with Crippen LogP contribution in [0.15, 0.2) is 66.3 Å². The van der Waals surface area contributed by atoms with Crippen molar-refractivity contribution in [1.82, 2.24) is 20.5 Å². The molecular formula is C20H17FN6OS. The zero-order valence-corrected chi connectivity index (χ0v) is 16.0.